The maximum atomic E-state index is 10.8. The van der Waals surface area contributed by atoms with E-state index in [4.69, 9.17) is 16.3 Å². The maximum Gasteiger partial charge on any atom is 0.344 e. The molecule has 0 bridgehead atoms. The van der Waals surface area contributed by atoms with Crippen LogP contribution in [0.25, 0.3) is 0 Å². The number of halogens is 1. The maximum absolute atomic E-state index is 10.8. The molecule has 0 fully saturated rings. The first-order chi connectivity index (χ1) is 7.58. The summed E-state index contributed by atoms with van der Waals surface area (Å²) in [4.78, 5) is 10.8. The Kier molecular flexibility index (Phi) is 4.39. The standard InChI is InChI=1S/C12H11BrO3/c1-3-8-7-9(13)5-6-11(8)16-10(4-2)12(14)15/h1,5-7,10H,4H2,2H3,(H,14,15)/t10-/m0/s1. The normalized spacial score (nSPS) is 11.6. The zero-order chi connectivity index (χ0) is 12.1. The van der Waals surface area contributed by atoms with Crippen molar-refractivity contribution >= 4 is 21.9 Å². The van der Waals surface area contributed by atoms with Crippen LogP contribution in [0.5, 0.6) is 5.75 Å². The Hall–Kier alpha value is -1.47. The lowest BCUT2D eigenvalue weighted by Crippen LogP contribution is -2.26. The topological polar surface area (TPSA) is 46.5 Å². The number of aliphatic carboxylic acids is 1. The molecule has 4 heteroatoms. The monoisotopic (exact) mass is 282 g/mol. The number of carboxylic acids is 1. The highest BCUT2D eigenvalue weighted by molar-refractivity contribution is 9.10. The van der Waals surface area contributed by atoms with Gasteiger partial charge in [0.2, 0.25) is 0 Å². The Bertz CT molecular complexity index is 434. The van der Waals surface area contributed by atoms with Crippen LogP contribution in [0.3, 0.4) is 0 Å². The van der Waals surface area contributed by atoms with Gasteiger partial charge < -0.3 is 9.84 Å². The molecule has 0 aromatic heterocycles. The van der Waals surface area contributed by atoms with E-state index in [1.54, 1.807) is 25.1 Å². The van der Waals surface area contributed by atoms with E-state index >= 15 is 0 Å². The molecule has 1 aromatic rings. The highest BCUT2D eigenvalue weighted by Gasteiger charge is 2.17. The third-order valence-corrected chi connectivity index (χ3v) is 2.51. The van der Waals surface area contributed by atoms with Crippen molar-refractivity contribution in [1.82, 2.24) is 0 Å². The summed E-state index contributed by atoms with van der Waals surface area (Å²) in [5.41, 5.74) is 0.536. The van der Waals surface area contributed by atoms with Crippen molar-refractivity contribution < 1.29 is 14.6 Å². The minimum absolute atomic E-state index is 0.384. The summed E-state index contributed by atoms with van der Waals surface area (Å²) in [5.74, 6) is 1.88. The Morgan fingerprint density at radius 3 is 2.88 bits per heavy atom. The van der Waals surface area contributed by atoms with Gasteiger partial charge in [-0.15, -0.1) is 6.42 Å². The predicted octanol–water partition coefficient (Wildman–Crippen LogP) is 2.67. The molecular formula is C12H11BrO3. The van der Waals surface area contributed by atoms with Gasteiger partial charge in [-0.3, -0.25) is 0 Å². The zero-order valence-corrected chi connectivity index (χ0v) is 10.3. The summed E-state index contributed by atoms with van der Waals surface area (Å²) in [6.07, 6.45) is 4.83. The summed E-state index contributed by atoms with van der Waals surface area (Å²) in [7, 11) is 0. The largest absolute Gasteiger partial charge is 0.479 e. The molecule has 0 aliphatic heterocycles. The third kappa shape index (κ3) is 3.01. The Labute approximate surface area is 103 Å². The van der Waals surface area contributed by atoms with Crippen LogP contribution < -0.4 is 4.74 Å². The average molecular weight is 283 g/mol. The first-order valence-electron chi connectivity index (χ1n) is 4.74. The van der Waals surface area contributed by atoms with E-state index in [-0.39, 0.29) is 0 Å². The van der Waals surface area contributed by atoms with E-state index in [2.05, 4.69) is 21.9 Å². The van der Waals surface area contributed by atoms with Crippen molar-refractivity contribution in [3.05, 3.63) is 28.2 Å². The van der Waals surface area contributed by atoms with Gasteiger partial charge in [0.15, 0.2) is 6.10 Å². The van der Waals surface area contributed by atoms with E-state index in [1.165, 1.54) is 0 Å². The molecule has 0 heterocycles. The Morgan fingerprint density at radius 1 is 1.69 bits per heavy atom. The number of ether oxygens (including phenoxy) is 1. The zero-order valence-electron chi connectivity index (χ0n) is 8.74. The van der Waals surface area contributed by atoms with Crippen LogP contribution in [0, 0.1) is 12.3 Å². The molecule has 0 radical (unpaired) electrons. The van der Waals surface area contributed by atoms with Gasteiger partial charge in [-0.25, -0.2) is 4.79 Å². The number of hydrogen-bond acceptors (Lipinski definition) is 2. The van der Waals surface area contributed by atoms with Crippen LogP contribution in [0.1, 0.15) is 18.9 Å². The highest BCUT2D eigenvalue weighted by Crippen LogP contribution is 2.23. The van der Waals surface area contributed by atoms with Gasteiger partial charge in [0.05, 0.1) is 5.56 Å². The summed E-state index contributed by atoms with van der Waals surface area (Å²) in [5, 5.41) is 8.87. The van der Waals surface area contributed by atoms with Crippen LogP contribution in [0.2, 0.25) is 0 Å². The lowest BCUT2D eigenvalue weighted by molar-refractivity contribution is -0.145. The van der Waals surface area contributed by atoms with Crippen molar-refractivity contribution in [2.75, 3.05) is 0 Å². The van der Waals surface area contributed by atoms with Gasteiger partial charge in [0.1, 0.15) is 5.75 Å². The molecule has 1 rings (SSSR count). The molecule has 0 amide bonds. The van der Waals surface area contributed by atoms with E-state index in [0.717, 1.165) is 4.47 Å². The number of benzene rings is 1. The Morgan fingerprint density at radius 2 is 2.38 bits per heavy atom. The van der Waals surface area contributed by atoms with Crippen molar-refractivity contribution in [2.45, 2.75) is 19.4 Å². The average Bonchev–Trinajstić information content (AvgIpc) is 2.26. The fraction of sp³-hybridized carbons (Fsp3) is 0.250. The van der Waals surface area contributed by atoms with Crippen LogP contribution in [0.4, 0.5) is 0 Å². The lowest BCUT2D eigenvalue weighted by Gasteiger charge is -2.14. The molecule has 1 atom stereocenters. The molecule has 0 spiro atoms. The molecular weight excluding hydrogens is 272 g/mol. The van der Waals surface area contributed by atoms with Gasteiger partial charge in [-0.05, 0) is 24.6 Å². The Balaban J connectivity index is 2.97. The summed E-state index contributed by atoms with van der Waals surface area (Å²) >= 11 is 3.28. The molecule has 0 aliphatic carbocycles. The molecule has 1 N–H and O–H groups in total. The molecule has 0 aliphatic rings. The van der Waals surface area contributed by atoms with E-state index in [0.29, 0.717) is 17.7 Å². The third-order valence-electron chi connectivity index (χ3n) is 2.01. The van der Waals surface area contributed by atoms with Gasteiger partial charge in [0, 0.05) is 4.47 Å². The van der Waals surface area contributed by atoms with Gasteiger partial charge in [-0.1, -0.05) is 28.8 Å². The second-order valence-corrected chi connectivity index (χ2v) is 4.05. The van der Waals surface area contributed by atoms with Crippen LogP contribution in [-0.2, 0) is 4.79 Å². The fourth-order valence-corrected chi connectivity index (χ4v) is 1.54. The van der Waals surface area contributed by atoms with Gasteiger partial charge in [-0.2, -0.15) is 0 Å². The number of terminal acetylenes is 1. The SMILES string of the molecule is C#Cc1cc(Br)ccc1O[C@@H](CC)C(=O)O. The number of carbonyl (C=O) groups is 1. The number of hydrogen-bond donors (Lipinski definition) is 1. The minimum atomic E-state index is -0.992. The molecule has 0 saturated carbocycles. The molecule has 1 aromatic carbocycles. The molecule has 16 heavy (non-hydrogen) atoms. The minimum Gasteiger partial charge on any atom is -0.479 e. The van der Waals surface area contributed by atoms with E-state index in [9.17, 15) is 4.79 Å². The first kappa shape index (κ1) is 12.6. The van der Waals surface area contributed by atoms with Crippen LogP contribution in [0.15, 0.2) is 22.7 Å². The fourth-order valence-electron chi connectivity index (χ4n) is 1.18. The van der Waals surface area contributed by atoms with E-state index < -0.39 is 12.1 Å². The highest BCUT2D eigenvalue weighted by atomic mass is 79.9. The number of carboxylic acid groups (broad SMARTS) is 1. The molecule has 84 valence electrons. The quantitative estimate of drug-likeness (QED) is 0.864. The van der Waals surface area contributed by atoms with Gasteiger partial charge in [0.25, 0.3) is 0 Å². The first-order valence-corrected chi connectivity index (χ1v) is 5.53. The summed E-state index contributed by atoms with van der Waals surface area (Å²) < 4.78 is 6.17. The van der Waals surface area contributed by atoms with Crippen LogP contribution >= 0.6 is 15.9 Å². The lowest BCUT2D eigenvalue weighted by atomic mass is 10.2. The number of rotatable bonds is 4. The molecule has 0 unspecified atom stereocenters. The molecule has 3 nitrogen and oxygen atoms in total. The smallest absolute Gasteiger partial charge is 0.344 e. The summed E-state index contributed by atoms with van der Waals surface area (Å²) in [6, 6.07) is 5.12. The van der Waals surface area contributed by atoms with Crippen molar-refractivity contribution in [3.8, 4) is 18.1 Å². The predicted molar refractivity (Wildman–Crippen MR) is 64.4 cm³/mol. The molecule has 0 saturated heterocycles. The van der Waals surface area contributed by atoms with Crippen LogP contribution in [-0.4, -0.2) is 17.2 Å². The summed E-state index contributed by atoms with van der Waals surface area (Å²) in [6.45, 7) is 1.74. The van der Waals surface area contributed by atoms with E-state index in [1.807, 2.05) is 0 Å². The van der Waals surface area contributed by atoms with Crippen molar-refractivity contribution in [1.29, 1.82) is 0 Å². The second kappa shape index (κ2) is 5.57. The van der Waals surface area contributed by atoms with Crippen molar-refractivity contribution in [2.24, 2.45) is 0 Å². The second-order valence-electron chi connectivity index (χ2n) is 3.14. The van der Waals surface area contributed by atoms with Crippen molar-refractivity contribution in [3.63, 3.8) is 0 Å². The van der Waals surface area contributed by atoms with Gasteiger partial charge >= 0.3 is 5.97 Å².